The van der Waals surface area contributed by atoms with E-state index in [4.69, 9.17) is 0 Å². The average Bonchev–Trinajstić information content (AvgIpc) is 2.39. The molecule has 1 atom stereocenters. The first-order chi connectivity index (χ1) is 8.79. The quantitative estimate of drug-likeness (QED) is 0.785. The van der Waals surface area contributed by atoms with E-state index in [2.05, 4.69) is 48.4 Å². The van der Waals surface area contributed by atoms with E-state index in [1.807, 2.05) is 12.3 Å². The Kier molecular flexibility index (Phi) is 4.71. The van der Waals surface area contributed by atoms with Crippen LogP contribution in [0.4, 0.5) is 0 Å². The number of aromatic nitrogens is 1. The second kappa shape index (κ2) is 6.50. The molecule has 0 saturated carbocycles. The Labute approximate surface area is 109 Å². The highest BCUT2D eigenvalue weighted by Gasteiger charge is 2.04. The van der Waals surface area contributed by atoms with Crippen molar-refractivity contribution in [1.29, 1.82) is 0 Å². The van der Waals surface area contributed by atoms with Crippen LogP contribution in [0.2, 0.25) is 0 Å². The maximum atomic E-state index is 4.41. The summed E-state index contributed by atoms with van der Waals surface area (Å²) in [6, 6.07) is 10.7. The van der Waals surface area contributed by atoms with Crippen molar-refractivity contribution in [3.63, 3.8) is 0 Å². The van der Waals surface area contributed by atoms with Gasteiger partial charge < -0.3 is 5.32 Å². The van der Waals surface area contributed by atoms with E-state index in [0.717, 1.165) is 25.0 Å². The van der Waals surface area contributed by atoms with E-state index in [9.17, 15) is 0 Å². The molecular weight excluding hydrogens is 220 g/mol. The van der Waals surface area contributed by atoms with Crippen LogP contribution in [0.25, 0.3) is 10.9 Å². The fraction of sp³-hybridized carbons (Fsp3) is 0.438. The molecule has 0 amide bonds. The first kappa shape index (κ1) is 13.0. The molecule has 0 radical (unpaired) electrons. The number of fused-ring (bicyclic) bond motifs is 1. The maximum absolute atomic E-state index is 4.41. The zero-order valence-electron chi connectivity index (χ0n) is 11.3. The van der Waals surface area contributed by atoms with E-state index in [0.29, 0.717) is 5.92 Å². The highest BCUT2D eigenvalue weighted by atomic mass is 14.8. The largest absolute Gasteiger partial charge is 0.316 e. The summed E-state index contributed by atoms with van der Waals surface area (Å²) in [4.78, 5) is 4.41. The lowest BCUT2D eigenvalue weighted by Crippen LogP contribution is -2.23. The van der Waals surface area contributed by atoms with Gasteiger partial charge in [-0.25, -0.2) is 0 Å². The normalized spacial score (nSPS) is 12.8. The van der Waals surface area contributed by atoms with Crippen molar-refractivity contribution in [3.8, 4) is 0 Å². The fourth-order valence-corrected chi connectivity index (χ4v) is 2.24. The third kappa shape index (κ3) is 3.54. The molecule has 2 heteroatoms. The Hall–Kier alpha value is -1.41. The number of nitrogens with one attached hydrogen (secondary N) is 1. The predicted octanol–water partition coefficient (Wildman–Crippen LogP) is 3.41. The lowest BCUT2D eigenvalue weighted by molar-refractivity contribution is 0.511. The molecule has 0 aliphatic heterocycles. The van der Waals surface area contributed by atoms with Crippen LogP contribution < -0.4 is 5.32 Å². The Balaban J connectivity index is 1.98. The van der Waals surface area contributed by atoms with Crippen molar-refractivity contribution < 1.29 is 0 Å². The van der Waals surface area contributed by atoms with Gasteiger partial charge in [-0.05, 0) is 49.5 Å². The second-order valence-electron chi connectivity index (χ2n) is 5.04. The van der Waals surface area contributed by atoms with Crippen LogP contribution in [-0.2, 0) is 6.42 Å². The molecule has 0 bridgehead atoms. The molecule has 18 heavy (non-hydrogen) atoms. The predicted molar refractivity (Wildman–Crippen MR) is 77.8 cm³/mol. The molecule has 2 aromatic rings. The smallest absolute Gasteiger partial charge is 0.0704 e. The van der Waals surface area contributed by atoms with Gasteiger partial charge in [-0.2, -0.15) is 0 Å². The van der Waals surface area contributed by atoms with E-state index in [1.165, 1.54) is 17.4 Å². The minimum atomic E-state index is 0.665. The molecule has 1 N–H and O–H groups in total. The van der Waals surface area contributed by atoms with E-state index < -0.39 is 0 Å². The molecule has 0 aliphatic rings. The number of hydrogen-bond acceptors (Lipinski definition) is 2. The summed E-state index contributed by atoms with van der Waals surface area (Å²) >= 11 is 0. The van der Waals surface area contributed by atoms with Gasteiger partial charge in [0.05, 0.1) is 5.52 Å². The molecule has 1 aromatic heterocycles. The van der Waals surface area contributed by atoms with Crippen molar-refractivity contribution in [3.05, 3.63) is 42.1 Å². The lowest BCUT2D eigenvalue weighted by atomic mass is 10.00. The maximum Gasteiger partial charge on any atom is 0.0704 e. The second-order valence-corrected chi connectivity index (χ2v) is 5.04. The van der Waals surface area contributed by atoms with Crippen molar-refractivity contribution in [2.24, 2.45) is 5.92 Å². The number of pyridine rings is 1. The van der Waals surface area contributed by atoms with Crippen molar-refractivity contribution in [1.82, 2.24) is 10.3 Å². The third-order valence-corrected chi connectivity index (χ3v) is 3.17. The lowest BCUT2D eigenvalue weighted by Gasteiger charge is -2.12. The van der Waals surface area contributed by atoms with Crippen LogP contribution in [0.1, 0.15) is 25.8 Å². The molecule has 96 valence electrons. The van der Waals surface area contributed by atoms with Crippen molar-refractivity contribution in [2.75, 3.05) is 13.1 Å². The Bertz CT molecular complexity index is 493. The molecule has 2 rings (SSSR count). The summed E-state index contributed by atoms with van der Waals surface area (Å²) in [5, 5.41) is 4.70. The first-order valence-electron chi connectivity index (χ1n) is 6.84. The van der Waals surface area contributed by atoms with Gasteiger partial charge in [-0.15, -0.1) is 0 Å². The molecule has 0 aliphatic carbocycles. The van der Waals surface area contributed by atoms with Crippen molar-refractivity contribution in [2.45, 2.75) is 26.7 Å². The summed E-state index contributed by atoms with van der Waals surface area (Å²) in [6.45, 7) is 6.70. The Morgan fingerprint density at radius 2 is 2.17 bits per heavy atom. The fourth-order valence-electron chi connectivity index (χ4n) is 2.24. The highest BCUT2D eigenvalue weighted by molar-refractivity contribution is 5.78. The molecule has 0 saturated heterocycles. The van der Waals surface area contributed by atoms with Gasteiger partial charge >= 0.3 is 0 Å². The molecule has 1 aromatic carbocycles. The molecular formula is C16H22N2. The zero-order chi connectivity index (χ0) is 12.8. The highest BCUT2D eigenvalue weighted by Crippen LogP contribution is 2.15. The van der Waals surface area contributed by atoms with Crippen LogP contribution in [-0.4, -0.2) is 18.1 Å². The standard InChI is InChI=1S/C16H22N2/c1-3-8-17-12-13(2)10-14-6-7-15-5-4-9-18-16(15)11-14/h4-7,9,11,13,17H,3,8,10,12H2,1-2H3. The van der Waals surface area contributed by atoms with Crippen LogP contribution in [0.15, 0.2) is 36.5 Å². The van der Waals surface area contributed by atoms with Crippen LogP contribution in [0, 0.1) is 5.92 Å². The molecule has 1 heterocycles. The number of rotatable bonds is 6. The average molecular weight is 242 g/mol. The molecule has 1 unspecified atom stereocenters. The minimum absolute atomic E-state index is 0.665. The molecule has 0 fully saturated rings. The molecule has 2 nitrogen and oxygen atoms in total. The Morgan fingerprint density at radius 1 is 1.28 bits per heavy atom. The Morgan fingerprint density at radius 3 is 3.00 bits per heavy atom. The number of hydrogen-bond donors (Lipinski definition) is 1. The summed E-state index contributed by atoms with van der Waals surface area (Å²) in [5.74, 6) is 0.665. The SMILES string of the molecule is CCCNCC(C)Cc1ccc2cccnc2c1. The topological polar surface area (TPSA) is 24.9 Å². The van der Waals surface area contributed by atoms with Gasteiger partial charge in [0, 0.05) is 11.6 Å². The monoisotopic (exact) mass is 242 g/mol. The summed E-state index contributed by atoms with van der Waals surface area (Å²) in [7, 11) is 0. The van der Waals surface area contributed by atoms with Gasteiger partial charge in [-0.3, -0.25) is 4.98 Å². The summed E-state index contributed by atoms with van der Waals surface area (Å²) < 4.78 is 0. The van der Waals surface area contributed by atoms with Gasteiger partial charge in [0.1, 0.15) is 0 Å². The van der Waals surface area contributed by atoms with Gasteiger partial charge in [0.25, 0.3) is 0 Å². The summed E-state index contributed by atoms with van der Waals surface area (Å²) in [5.41, 5.74) is 2.48. The zero-order valence-corrected chi connectivity index (χ0v) is 11.3. The third-order valence-electron chi connectivity index (χ3n) is 3.17. The van der Waals surface area contributed by atoms with E-state index in [-0.39, 0.29) is 0 Å². The van der Waals surface area contributed by atoms with Crippen LogP contribution in [0.3, 0.4) is 0 Å². The first-order valence-corrected chi connectivity index (χ1v) is 6.84. The van der Waals surface area contributed by atoms with Gasteiger partial charge in [-0.1, -0.05) is 32.0 Å². The minimum Gasteiger partial charge on any atom is -0.316 e. The van der Waals surface area contributed by atoms with Crippen LogP contribution >= 0.6 is 0 Å². The number of benzene rings is 1. The van der Waals surface area contributed by atoms with E-state index >= 15 is 0 Å². The van der Waals surface area contributed by atoms with Crippen LogP contribution in [0.5, 0.6) is 0 Å². The van der Waals surface area contributed by atoms with Gasteiger partial charge in [0.2, 0.25) is 0 Å². The summed E-state index contributed by atoms with van der Waals surface area (Å²) in [6.07, 6.45) is 4.17. The number of nitrogens with zero attached hydrogens (tertiary/aromatic N) is 1. The van der Waals surface area contributed by atoms with Crippen molar-refractivity contribution >= 4 is 10.9 Å². The van der Waals surface area contributed by atoms with Gasteiger partial charge in [0.15, 0.2) is 0 Å². The molecule has 0 spiro atoms. The van der Waals surface area contributed by atoms with E-state index in [1.54, 1.807) is 0 Å².